The standard InChI is InChI=1S/C23H33NOS/c1-22(2)17-20(11-14-25-22)24-13-12-23(3,18-21-10-7-15-26-21)16-19-8-5-4-6-9-19/h4-10,15,20,24H,11-14,16-18H2,1-3H3/t20-,23-/m0/s1. The fourth-order valence-electron chi connectivity index (χ4n) is 4.15. The van der Waals surface area contributed by atoms with Crippen LogP contribution in [0, 0.1) is 5.41 Å². The van der Waals surface area contributed by atoms with E-state index >= 15 is 0 Å². The summed E-state index contributed by atoms with van der Waals surface area (Å²) in [6.45, 7) is 8.82. The van der Waals surface area contributed by atoms with Crippen molar-refractivity contribution in [1.29, 1.82) is 0 Å². The third kappa shape index (κ3) is 5.94. The van der Waals surface area contributed by atoms with Crippen LogP contribution in [0.3, 0.4) is 0 Å². The lowest BCUT2D eigenvalue weighted by Gasteiger charge is -2.37. The normalized spacial score (nSPS) is 22.0. The van der Waals surface area contributed by atoms with Crippen LogP contribution in [0.2, 0.25) is 0 Å². The molecule has 0 bridgehead atoms. The summed E-state index contributed by atoms with van der Waals surface area (Å²) in [7, 11) is 0. The summed E-state index contributed by atoms with van der Waals surface area (Å²) >= 11 is 1.88. The largest absolute Gasteiger partial charge is 0.375 e. The number of ether oxygens (including phenoxy) is 1. The molecule has 1 aliphatic heterocycles. The lowest BCUT2D eigenvalue weighted by atomic mass is 9.77. The molecule has 3 rings (SSSR count). The molecule has 0 radical (unpaired) electrons. The van der Waals surface area contributed by atoms with Gasteiger partial charge in [-0.1, -0.05) is 43.3 Å². The van der Waals surface area contributed by atoms with Crippen molar-refractivity contribution < 1.29 is 4.74 Å². The SMILES string of the molecule is CC1(C)C[C@@H](NCC[C@@](C)(Cc2ccccc2)Cc2cccs2)CCO1. The molecule has 1 aliphatic rings. The minimum atomic E-state index is 0.0141. The predicted octanol–water partition coefficient (Wildman–Crippen LogP) is 5.48. The van der Waals surface area contributed by atoms with Crippen LogP contribution in [0.5, 0.6) is 0 Å². The van der Waals surface area contributed by atoms with Gasteiger partial charge in [0.05, 0.1) is 5.60 Å². The van der Waals surface area contributed by atoms with Gasteiger partial charge in [-0.2, -0.15) is 0 Å². The van der Waals surface area contributed by atoms with Crippen molar-refractivity contribution in [3.8, 4) is 0 Å². The lowest BCUT2D eigenvalue weighted by molar-refractivity contribution is -0.0630. The van der Waals surface area contributed by atoms with E-state index in [4.69, 9.17) is 4.74 Å². The smallest absolute Gasteiger partial charge is 0.0641 e. The highest BCUT2D eigenvalue weighted by Gasteiger charge is 2.30. The first-order valence-electron chi connectivity index (χ1n) is 9.88. The van der Waals surface area contributed by atoms with E-state index in [1.807, 2.05) is 11.3 Å². The molecule has 1 saturated heterocycles. The maximum absolute atomic E-state index is 5.85. The van der Waals surface area contributed by atoms with Gasteiger partial charge in [-0.05, 0) is 74.9 Å². The number of rotatable bonds is 8. The van der Waals surface area contributed by atoms with Crippen molar-refractivity contribution in [2.75, 3.05) is 13.2 Å². The van der Waals surface area contributed by atoms with Gasteiger partial charge in [-0.15, -0.1) is 11.3 Å². The minimum absolute atomic E-state index is 0.0141. The molecule has 0 unspecified atom stereocenters. The summed E-state index contributed by atoms with van der Waals surface area (Å²) in [5.74, 6) is 0. The maximum atomic E-state index is 5.85. The Morgan fingerprint density at radius 3 is 2.65 bits per heavy atom. The zero-order valence-corrected chi connectivity index (χ0v) is 17.3. The fraction of sp³-hybridized carbons (Fsp3) is 0.565. The van der Waals surface area contributed by atoms with Gasteiger partial charge in [-0.25, -0.2) is 0 Å². The van der Waals surface area contributed by atoms with Crippen molar-refractivity contribution in [2.24, 2.45) is 5.41 Å². The molecule has 0 amide bonds. The molecule has 142 valence electrons. The third-order valence-electron chi connectivity index (χ3n) is 5.51. The second-order valence-electron chi connectivity index (χ2n) is 8.73. The summed E-state index contributed by atoms with van der Waals surface area (Å²) in [5.41, 5.74) is 1.74. The van der Waals surface area contributed by atoms with Crippen LogP contribution in [-0.4, -0.2) is 24.8 Å². The van der Waals surface area contributed by atoms with Crippen LogP contribution < -0.4 is 5.32 Å². The van der Waals surface area contributed by atoms with E-state index in [0.717, 1.165) is 38.8 Å². The van der Waals surface area contributed by atoms with Crippen molar-refractivity contribution >= 4 is 11.3 Å². The molecule has 2 aromatic rings. The van der Waals surface area contributed by atoms with Crippen LogP contribution >= 0.6 is 11.3 Å². The first-order chi connectivity index (χ1) is 12.4. The number of hydrogen-bond acceptors (Lipinski definition) is 3. The summed E-state index contributed by atoms with van der Waals surface area (Å²) in [5, 5.41) is 6.02. The molecular weight excluding hydrogens is 338 g/mol. The Morgan fingerprint density at radius 2 is 1.96 bits per heavy atom. The summed E-state index contributed by atoms with van der Waals surface area (Å²) in [6, 6.07) is 16.0. The maximum Gasteiger partial charge on any atom is 0.0641 e. The average Bonchev–Trinajstić information content (AvgIpc) is 3.07. The molecule has 1 fully saturated rings. The van der Waals surface area contributed by atoms with Gasteiger partial charge in [0, 0.05) is 17.5 Å². The molecule has 2 heterocycles. The Kier molecular flexibility index (Phi) is 6.55. The topological polar surface area (TPSA) is 21.3 Å². The molecule has 1 aromatic carbocycles. The van der Waals surface area contributed by atoms with Gasteiger partial charge in [0.2, 0.25) is 0 Å². The Morgan fingerprint density at radius 1 is 1.15 bits per heavy atom. The lowest BCUT2D eigenvalue weighted by Crippen LogP contribution is -2.44. The molecule has 2 atom stereocenters. The fourth-order valence-corrected chi connectivity index (χ4v) is 5.07. The van der Waals surface area contributed by atoms with Crippen molar-refractivity contribution in [3.63, 3.8) is 0 Å². The van der Waals surface area contributed by atoms with E-state index < -0.39 is 0 Å². The number of benzene rings is 1. The Balaban J connectivity index is 1.60. The summed E-state index contributed by atoms with van der Waals surface area (Å²) in [4.78, 5) is 1.50. The van der Waals surface area contributed by atoms with E-state index in [9.17, 15) is 0 Å². The summed E-state index contributed by atoms with van der Waals surface area (Å²) in [6.07, 6.45) is 5.71. The minimum Gasteiger partial charge on any atom is -0.375 e. The highest BCUT2D eigenvalue weighted by molar-refractivity contribution is 7.09. The van der Waals surface area contributed by atoms with Crippen molar-refractivity contribution in [3.05, 3.63) is 58.3 Å². The van der Waals surface area contributed by atoms with Gasteiger partial charge in [0.25, 0.3) is 0 Å². The number of hydrogen-bond donors (Lipinski definition) is 1. The van der Waals surface area contributed by atoms with E-state index in [-0.39, 0.29) is 11.0 Å². The second-order valence-corrected chi connectivity index (χ2v) is 9.76. The van der Waals surface area contributed by atoms with E-state index in [2.05, 4.69) is 73.9 Å². The summed E-state index contributed by atoms with van der Waals surface area (Å²) < 4.78 is 5.85. The third-order valence-corrected chi connectivity index (χ3v) is 6.39. The highest BCUT2D eigenvalue weighted by Crippen LogP contribution is 2.33. The predicted molar refractivity (Wildman–Crippen MR) is 112 cm³/mol. The van der Waals surface area contributed by atoms with E-state index in [0.29, 0.717) is 6.04 Å². The quantitative estimate of drug-likeness (QED) is 0.664. The van der Waals surface area contributed by atoms with Gasteiger partial charge in [-0.3, -0.25) is 0 Å². The van der Waals surface area contributed by atoms with Crippen LogP contribution in [-0.2, 0) is 17.6 Å². The molecule has 0 spiro atoms. The number of nitrogens with one attached hydrogen (secondary N) is 1. The zero-order chi connectivity index (χ0) is 18.5. The molecule has 0 aliphatic carbocycles. The van der Waals surface area contributed by atoms with Gasteiger partial charge >= 0.3 is 0 Å². The molecule has 1 aromatic heterocycles. The van der Waals surface area contributed by atoms with Gasteiger partial charge in [0.15, 0.2) is 0 Å². The first-order valence-corrected chi connectivity index (χ1v) is 10.8. The Hall–Kier alpha value is -1.16. The molecule has 3 heteroatoms. The molecule has 0 saturated carbocycles. The van der Waals surface area contributed by atoms with Crippen LogP contribution in [0.15, 0.2) is 47.8 Å². The van der Waals surface area contributed by atoms with Gasteiger partial charge < -0.3 is 10.1 Å². The van der Waals surface area contributed by atoms with E-state index in [1.54, 1.807) is 0 Å². The van der Waals surface area contributed by atoms with Crippen LogP contribution in [0.4, 0.5) is 0 Å². The molecule has 1 N–H and O–H groups in total. The Bertz CT molecular complexity index is 652. The molecule has 26 heavy (non-hydrogen) atoms. The second kappa shape index (κ2) is 8.69. The molecular formula is C23H33NOS. The Labute approximate surface area is 163 Å². The van der Waals surface area contributed by atoms with Crippen molar-refractivity contribution in [1.82, 2.24) is 5.32 Å². The number of thiophene rings is 1. The van der Waals surface area contributed by atoms with Gasteiger partial charge in [0.1, 0.15) is 0 Å². The van der Waals surface area contributed by atoms with Crippen LogP contribution in [0.25, 0.3) is 0 Å². The molecule has 2 nitrogen and oxygen atoms in total. The first kappa shape index (κ1) is 19.6. The monoisotopic (exact) mass is 371 g/mol. The van der Waals surface area contributed by atoms with E-state index in [1.165, 1.54) is 16.9 Å². The average molecular weight is 372 g/mol. The van der Waals surface area contributed by atoms with Crippen molar-refractivity contribution in [2.45, 2.75) is 64.5 Å². The highest BCUT2D eigenvalue weighted by atomic mass is 32.1. The van der Waals surface area contributed by atoms with Crippen LogP contribution in [0.1, 0.15) is 50.5 Å². The zero-order valence-electron chi connectivity index (χ0n) is 16.5.